The second kappa shape index (κ2) is 7.60. The van der Waals surface area contributed by atoms with Crippen LogP contribution in [0.4, 0.5) is 0 Å². The molecule has 1 atom stereocenters. The molecule has 2 aromatic rings. The molecule has 2 N–H and O–H groups in total. The second-order valence-corrected chi connectivity index (χ2v) is 7.20. The van der Waals surface area contributed by atoms with Crippen molar-refractivity contribution in [2.24, 2.45) is 0 Å². The summed E-state index contributed by atoms with van der Waals surface area (Å²) in [6.07, 6.45) is 0.907. The van der Waals surface area contributed by atoms with E-state index >= 15 is 0 Å². The molecule has 26 heavy (non-hydrogen) atoms. The van der Waals surface area contributed by atoms with Crippen molar-refractivity contribution in [2.45, 2.75) is 39.2 Å². The Balaban J connectivity index is 1.74. The number of aryl methyl sites for hydroxylation is 3. The van der Waals surface area contributed by atoms with Crippen LogP contribution in [0.1, 0.15) is 28.1 Å². The average molecular weight is 357 g/mol. The molecule has 6 nitrogen and oxygen atoms in total. The van der Waals surface area contributed by atoms with Crippen molar-refractivity contribution in [1.29, 1.82) is 0 Å². The highest BCUT2D eigenvalue weighted by Crippen LogP contribution is 2.25. The molecule has 1 aliphatic rings. The van der Waals surface area contributed by atoms with Gasteiger partial charge in [-0.05, 0) is 31.9 Å². The molecule has 0 spiro atoms. The lowest BCUT2D eigenvalue weighted by Gasteiger charge is -2.42. The second-order valence-electron chi connectivity index (χ2n) is 7.20. The molecule has 0 saturated carbocycles. The Labute approximate surface area is 154 Å². The number of benzene rings is 1. The summed E-state index contributed by atoms with van der Waals surface area (Å²) in [5.74, 6) is 0.0449. The molecule has 1 amide bonds. The van der Waals surface area contributed by atoms with E-state index in [-0.39, 0.29) is 12.5 Å². The Kier molecular flexibility index (Phi) is 5.44. The number of H-pyrrole nitrogens is 1. The van der Waals surface area contributed by atoms with Crippen LogP contribution in [0.15, 0.2) is 24.3 Å². The highest BCUT2D eigenvalue weighted by molar-refractivity contribution is 5.79. The maximum atomic E-state index is 12.8. The number of aliphatic hydroxyl groups is 1. The fourth-order valence-corrected chi connectivity index (χ4v) is 3.57. The first kappa shape index (κ1) is 18.6. The topological polar surface area (TPSA) is 78.5 Å². The molecule has 1 aliphatic heterocycles. The summed E-state index contributed by atoms with van der Waals surface area (Å²) >= 11 is 0. The highest BCUT2D eigenvalue weighted by Gasteiger charge is 2.38. The van der Waals surface area contributed by atoms with Crippen molar-refractivity contribution in [3.05, 3.63) is 52.3 Å². The fourth-order valence-electron chi connectivity index (χ4n) is 3.57. The third kappa shape index (κ3) is 3.81. The number of nitrogens with zero attached hydrogens (tertiary/aromatic N) is 2. The Morgan fingerprint density at radius 2 is 2.12 bits per heavy atom. The molecular weight excluding hydrogens is 330 g/mol. The molecule has 2 heterocycles. The third-order valence-corrected chi connectivity index (χ3v) is 5.27. The summed E-state index contributed by atoms with van der Waals surface area (Å²) in [5.41, 5.74) is 4.29. The van der Waals surface area contributed by atoms with E-state index in [0.717, 1.165) is 28.1 Å². The van der Waals surface area contributed by atoms with Crippen molar-refractivity contribution in [3.8, 4) is 0 Å². The van der Waals surface area contributed by atoms with E-state index in [1.807, 2.05) is 30.9 Å². The number of aromatic nitrogens is 2. The predicted molar refractivity (Wildman–Crippen MR) is 99.0 cm³/mol. The summed E-state index contributed by atoms with van der Waals surface area (Å²) in [5, 5.41) is 17.2. The lowest BCUT2D eigenvalue weighted by molar-refractivity contribution is -0.157. The van der Waals surface area contributed by atoms with Crippen LogP contribution in [-0.4, -0.2) is 58.0 Å². The maximum Gasteiger partial charge on any atom is 0.227 e. The third-order valence-electron chi connectivity index (χ3n) is 5.27. The van der Waals surface area contributed by atoms with E-state index < -0.39 is 5.60 Å². The lowest BCUT2D eigenvalue weighted by atomic mass is 9.90. The van der Waals surface area contributed by atoms with Gasteiger partial charge in [-0.2, -0.15) is 5.10 Å². The van der Waals surface area contributed by atoms with Gasteiger partial charge < -0.3 is 14.7 Å². The van der Waals surface area contributed by atoms with Crippen LogP contribution in [0.3, 0.4) is 0 Å². The van der Waals surface area contributed by atoms with Gasteiger partial charge in [0, 0.05) is 24.2 Å². The molecule has 3 rings (SSSR count). The minimum Gasteiger partial charge on any atom is -0.393 e. The first-order valence-corrected chi connectivity index (χ1v) is 9.02. The Morgan fingerprint density at radius 1 is 1.35 bits per heavy atom. The minimum absolute atomic E-state index is 0.0449. The summed E-state index contributed by atoms with van der Waals surface area (Å²) in [6, 6.07) is 8.09. The first-order valence-electron chi connectivity index (χ1n) is 9.02. The zero-order chi connectivity index (χ0) is 18.7. The molecule has 0 aliphatic carbocycles. The molecule has 1 unspecified atom stereocenters. The molecule has 1 aromatic carbocycles. The van der Waals surface area contributed by atoms with Gasteiger partial charge >= 0.3 is 0 Å². The summed E-state index contributed by atoms with van der Waals surface area (Å²) in [7, 11) is 0. The van der Waals surface area contributed by atoms with E-state index in [9.17, 15) is 9.90 Å². The minimum atomic E-state index is -0.749. The number of rotatable bonds is 5. The van der Waals surface area contributed by atoms with Crippen molar-refractivity contribution in [2.75, 3.05) is 26.3 Å². The van der Waals surface area contributed by atoms with Crippen LogP contribution in [0.25, 0.3) is 0 Å². The number of amides is 1. The number of aromatic amines is 1. The van der Waals surface area contributed by atoms with Crippen LogP contribution in [0.5, 0.6) is 0 Å². The molecule has 0 bridgehead atoms. The molecular formula is C20H27N3O3. The SMILES string of the molecule is Cc1ccccc1CC1(CO)CN(C(=O)Cc2c(C)n[nH]c2C)CCO1. The Bertz CT molecular complexity index is 767. The van der Waals surface area contributed by atoms with Gasteiger partial charge in [0.25, 0.3) is 0 Å². The number of carbonyl (C=O) groups excluding carboxylic acids is 1. The van der Waals surface area contributed by atoms with Crippen molar-refractivity contribution in [1.82, 2.24) is 15.1 Å². The number of hydrogen-bond donors (Lipinski definition) is 2. The Morgan fingerprint density at radius 3 is 2.77 bits per heavy atom. The van der Waals surface area contributed by atoms with Gasteiger partial charge in [0.2, 0.25) is 5.91 Å². The van der Waals surface area contributed by atoms with Crippen molar-refractivity contribution >= 4 is 5.91 Å². The molecule has 1 saturated heterocycles. The predicted octanol–water partition coefficient (Wildman–Crippen LogP) is 1.71. The molecule has 6 heteroatoms. The number of hydrogen-bond acceptors (Lipinski definition) is 4. The monoisotopic (exact) mass is 357 g/mol. The summed E-state index contributed by atoms with van der Waals surface area (Å²) in [4.78, 5) is 14.6. The fraction of sp³-hybridized carbons (Fsp3) is 0.500. The van der Waals surface area contributed by atoms with Crippen LogP contribution in [0, 0.1) is 20.8 Å². The first-order chi connectivity index (χ1) is 12.4. The van der Waals surface area contributed by atoms with Crippen LogP contribution >= 0.6 is 0 Å². The number of morpholine rings is 1. The standard InChI is InChI=1S/C20H27N3O3/c1-14-6-4-5-7-17(14)11-20(13-24)12-23(8-9-26-20)19(25)10-18-15(2)21-22-16(18)3/h4-7,24H,8-13H2,1-3H3,(H,21,22). The molecule has 140 valence electrons. The van der Waals surface area contributed by atoms with E-state index in [1.54, 1.807) is 0 Å². The average Bonchev–Trinajstić information content (AvgIpc) is 2.96. The van der Waals surface area contributed by atoms with Gasteiger partial charge in [0.1, 0.15) is 5.60 Å². The normalized spacial score (nSPS) is 20.4. The zero-order valence-corrected chi connectivity index (χ0v) is 15.7. The van der Waals surface area contributed by atoms with Gasteiger partial charge in [-0.25, -0.2) is 0 Å². The van der Waals surface area contributed by atoms with Crippen LogP contribution in [-0.2, 0) is 22.4 Å². The van der Waals surface area contributed by atoms with E-state index in [4.69, 9.17) is 4.74 Å². The molecule has 0 radical (unpaired) electrons. The number of aliphatic hydroxyl groups excluding tert-OH is 1. The smallest absolute Gasteiger partial charge is 0.227 e. The van der Waals surface area contributed by atoms with E-state index in [0.29, 0.717) is 32.5 Å². The van der Waals surface area contributed by atoms with E-state index in [1.165, 1.54) is 0 Å². The van der Waals surface area contributed by atoms with Gasteiger partial charge in [-0.15, -0.1) is 0 Å². The highest BCUT2D eigenvalue weighted by atomic mass is 16.5. The van der Waals surface area contributed by atoms with Crippen LogP contribution < -0.4 is 0 Å². The van der Waals surface area contributed by atoms with E-state index in [2.05, 4.69) is 29.3 Å². The summed E-state index contributed by atoms with van der Waals surface area (Å²) in [6.45, 7) is 7.14. The number of nitrogens with one attached hydrogen (secondary N) is 1. The number of carbonyl (C=O) groups is 1. The molecule has 1 fully saturated rings. The lowest BCUT2D eigenvalue weighted by Crippen LogP contribution is -2.57. The van der Waals surface area contributed by atoms with Crippen molar-refractivity contribution < 1.29 is 14.6 Å². The van der Waals surface area contributed by atoms with Crippen LogP contribution in [0.2, 0.25) is 0 Å². The largest absolute Gasteiger partial charge is 0.393 e. The van der Waals surface area contributed by atoms with Gasteiger partial charge in [-0.1, -0.05) is 24.3 Å². The Hall–Kier alpha value is -2.18. The van der Waals surface area contributed by atoms with Gasteiger partial charge in [-0.3, -0.25) is 9.89 Å². The molecule has 1 aromatic heterocycles. The summed E-state index contributed by atoms with van der Waals surface area (Å²) < 4.78 is 5.97. The van der Waals surface area contributed by atoms with Gasteiger partial charge in [0.05, 0.1) is 31.9 Å². The maximum absolute atomic E-state index is 12.8. The quantitative estimate of drug-likeness (QED) is 0.854. The zero-order valence-electron chi connectivity index (χ0n) is 15.7. The van der Waals surface area contributed by atoms with Gasteiger partial charge in [0.15, 0.2) is 0 Å². The number of ether oxygens (including phenoxy) is 1. The van der Waals surface area contributed by atoms with Crippen molar-refractivity contribution in [3.63, 3.8) is 0 Å².